The highest BCUT2D eigenvalue weighted by Crippen LogP contribution is 2.25. The molecule has 1 unspecified atom stereocenters. The molecule has 2 fully saturated rings. The number of amides is 4. The Morgan fingerprint density at radius 3 is 2.48 bits per heavy atom. The van der Waals surface area contributed by atoms with Gasteiger partial charge in [-0.1, -0.05) is 24.3 Å². The summed E-state index contributed by atoms with van der Waals surface area (Å²) in [7, 11) is 0. The maximum absolute atomic E-state index is 13.0. The number of hydrogen-bond donors (Lipinski definition) is 1. The van der Waals surface area contributed by atoms with Gasteiger partial charge in [0.2, 0.25) is 11.8 Å². The number of likely N-dealkylation sites (tertiary alicyclic amines) is 2. The summed E-state index contributed by atoms with van der Waals surface area (Å²) in [5, 5.41) is 2.99. The van der Waals surface area contributed by atoms with Crippen molar-refractivity contribution < 1.29 is 14.4 Å². The average Bonchev–Trinajstić information content (AvgIpc) is 3.11. The molecule has 3 aliphatic heterocycles. The van der Waals surface area contributed by atoms with E-state index in [1.165, 1.54) is 11.1 Å². The minimum Gasteiger partial charge on any atom is -0.341 e. The van der Waals surface area contributed by atoms with Crippen molar-refractivity contribution in [3.63, 3.8) is 0 Å². The van der Waals surface area contributed by atoms with Crippen molar-refractivity contribution in [3.05, 3.63) is 35.4 Å². The first kappa shape index (κ1) is 19.7. The SMILES string of the molecule is CCN1CC(NC(=O)N2CCC(C(=O)N3CCc4ccccc4C3)CC2)CC1=O. The zero-order chi connectivity index (χ0) is 20.4. The first-order chi connectivity index (χ1) is 14.0. The summed E-state index contributed by atoms with van der Waals surface area (Å²) < 4.78 is 0. The van der Waals surface area contributed by atoms with Gasteiger partial charge >= 0.3 is 6.03 Å². The van der Waals surface area contributed by atoms with Crippen molar-refractivity contribution in [3.8, 4) is 0 Å². The third kappa shape index (κ3) is 4.23. The molecule has 3 heterocycles. The molecule has 29 heavy (non-hydrogen) atoms. The van der Waals surface area contributed by atoms with Crippen LogP contribution in [0.5, 0.6) is 0 Å². The lowest BCUT2D eigenvalue weighted by atomic mass is 9.93. The van der Waals surface area contributed by atoms with Gasteiger partial charge in [-0.15, -0.1) is 0 Å². The van der Waals surface area contributed by atoms with E-state index >= 15 is 0 Å². The summed E-state index contributed by atoms with van der Waals surface area (Å²) in [5.41, 5.74) is 2.59. The van der Waals surface area contributed by atoms with Crippen LogP contribution in [0.4, 0.5) is 4.79 Å². The molecule has 1 aromatic rings. The molecular formula is C22H30N4O3. The summed E-state index contributed by atoms with van der Waals surface area (Å²) in [5.74, 6) is 0.317. The van der Waals surface area contributed by atoms with E-state index in [2.05, 4.69) is 23.5 Å². The Hall–Kier alpha value is -2.57. The fourth-order valence-corrected chi connectivity index (χ4v) is 4.71. The lowest BCUT2D eigenvalue weighted by Gasteiger charge is -2.36. The molecule has 0 aliphatic carbocycles. The maximum Gasteiger partial charge on any atom is 0.317 e. The Labute approximate surface area is 172 Å². The van der Waals surface area contributed by atoms with Gasteiger partial charge in [-0.05, 0) is 37.3 Å². The highest BCUT2D eigenvalue weighted by Gasteiger charge is 2.34. The zero-order valence-electron chi connectivity index (χ0n) is 17.1. The number of carbonyl (C=O) groups is 3. The van der Waals surface area contributed by atoms with Crippen LogP contribution in [0.2, 0.25) is 0 Å². The number of nitrogens with one attached hydrogen (secondary N) is 1. The highest BCUT2D eigenvalue weighted by atomic mass is 16.2. The predicted molar refractivity (Wildman–Crippen MR) is 109 cm³/mol. The van der Waals surface area contributed by atoms with E-state index in [9.17, 15) is 14.4 Å². The predicted octanol–water partition coefficient (Wildman–Crippen LogP) is 1.61. The van der Waals surface area contributed by atoms with Gasteiger partial charge in [-0.25, -0.2) is 4.79 Å². The lowest BCUT2D eigenvalue weighted by Crippen LogP contribution is -2.50. The molecule has 156 valence electrons. The third-order valence-corrected chi connectivity index (χ3v) is 6.50. The minimum absolute atomic E-state index is 0.00652. The van der Waals surface area contributed by atoms with Crippen LogP contribution < -0.4 is 5.32 Å². The topological polar surface area (TPSA) is 73.0 Å². The molecule has 2 saturated heterocycles. The van der Waals surface area contributed by atoms with Gasteiger partial charge in [0, 0.05) is 51.6 Å². The number of fused-ring (bicyclic) bond motifs is 1. The van der Waals surface area contributed by atoms with E-state index in [0.29, 0.717) is 52.0 Å². The molecular weight excluding hydrogens is 368 g/mol. The number of piperidine rings is 1. The largest absolute Gasteiger partial charge is 0.341 e. The van der Waals surface area contributed by atoms with E-state index in [1.807, 2.05) is 17.9 Å². The molecule has 0 spiro atoms. The van der Waals surface area contributed by atoms with Gasteiger partial charge in [0.05, 0.1) is 6.04 Å². The van der Waals surface area contributed by atoms with E-state index in [0.717, 1.165) is 13.0 Å². The van der Waals surface area contributed by atoms with Crippen LogP contribution in [0, 0.1) is 5.92 Å². The molecule has 0 bridgehead atoms. The summed E-state index contributed by atoms with van der Waals surface area (Å²) in [6.07, 6.45) is 2.70. The summed E-state index contributed by atoms with van der Waals surface area (Å²) >= 11 is 0. The molecule has 7 heteroatoms. The minimum atomic E-state index is -0.112. The van der Waals surface area contributed by atoms with Gasteiger partial charge in [0.1, 0.15) is 0 Å². The molecule has 3 aliphatic rings. The molecule has 4 amide bonds. The molecule has 4 rings (SSSR count). The number of carbonyl (C=O) groups excluding carboxylic acids is 3. The Morgan fingerprint density at radius 2 is 1.79 bits per heavy atom. The van der Waals surface area contributed by atoms with Gasteiger partial charge in [0.15, 0.2) is 0 Å². The standard InChI is InChI=1S/C22H30N4O3/c1-2-24-15-19(13-20(24)27)23-22(29)25-10-8-17(9-11-25)21(28)26-12-7-16-5-3-4-6-18(16)14-26/h3-6,17,19H,2,7-15H2,1H3,(H,23,29). The number of hydrogen-bond acceptors (Lipinski definition) is 3. The molecule has 1 atom stereocenters. The van der Waals surface area contributed by atoms with Crippen molar-refractivity contribution in [1.29, 1.82) is 0 Å². The first-order valence-corrected chi connectivity index (χ1v) is 10.7. The summed E-state index contributed by atoms with van der Waals surface area (Å²) in [6, 6.07) is 8.11. The van der Waals surface area contributed by atoms with Crippen LogP contribution in [0.15, 0.2) is 24.3 Å². The van der Waals surface area contributed by atoms with E-state index < -0.39 is 0 Å². The van der Waals surface area contributed by atoms with Gasteiger partial charge in [-0.2, -0.15) is 0 Å². The second-order valence-electron chi connectivity index (χ2n) is 8.32. The number of rotatable bonds is 3. The molecule has 7 nitrogen and oxygen atoms in total. The Morgan fingerprint density at radius 1 is 1.07 bits per heavy atom. The van der Waals surface area contributed by atoms with Crippen LogP contribution in [-0.4, -0.2) is 71.3 Å². The van der Waals surface area contributed by atoms with E-state index in [4.69, 9.17) is 0 Å². The van der Waals surface area contributed by atoms with Crippen LogP contribution in [0.1, 0.15) is 37.3 Å². The van der Waals surface area contributed by atoms with E-state index in [1.54, 1.807) is 9.80 Å². The van der Waals surface area contributed by atoms with Gasteiger partial charge in [0.25, 0.3) is 0 Å². The quantitative estimate of drug-likeness (QED) is 0.841. The molecule has 0 radical (unpaired) electrons. The second-order valence-corrected chi connectivity index (χ2v) is 8.32. The van der Waals surface area contributed by atoms with E-state index in [-0.39, 0.29) is 29.8 Å². The number of urea groups is 1. The number of nitrogens with zero attached hydrogens (tertiary/aromatic N) is 3. The fourth-order valence-electron chi connectivity index (χ4n) is 4.71. The Kier molecular flexibility index (Phi) is 5.74. The summed E-state index contributed by atoms with van der Waals surface area (Å²) in [4.78, 5) is 42.9. The number of benzene rings is 1. The summed E-state index contributed by atoms with van der Waals surface area (Å²) in [6.45, 7) is 5.87. The second kappa shape index (κ2) is 8.43. The molecule has 0 aromatic heterocycles. The fraction of sp³-hybridized carbons (Fsp3) is 0.591. The van der Waals surface area contributed by atoms with Crippen molar-refractivity contribution in [1.82, 2.24) is 20.0 Å². The van der Waals surface area contributed by atoms with Gasteiger partial charge < -0.3 is 20.0 Å². The lowest BCUT2D eigenvalue weighted by molar-refractivity contribution is -0.137. The Balaban J connectivity index is 1.26. The van der Waals surface area contributed by atoms with Crippen LogP contribution >= 0.6 is 0 Å². The number of likely N-dealkylation sites (N-methyl/N-ethyl adjacent to an activating group) is 1. The maximum atomic E-state index is 13.0. The molecule has 1 N–H and O–H groups in total. The smallest absolute Gasteiger partial charge is 0.317 e. The van der Waals surface area contributed by atoms with Crippen molar-refractivity contribution >= 4 is 17.8 Å². The zero-order valence-corrected chi connectivity index (χ0v) is 17.1. The van der Waals surface area contributed by atoms with Crippen LogP contribution in [-0.2, 0) is 22.6 Å². The van der Waals surface area contributed by atoms with Crippen LogP contribution in [0.3, 0.4) is 0 Å². The van der Waals surface area contributed by atoms with Crippen molar-refractivity contribution in [2.24, 2.45) is 5.92 Å². The van der Waals surface area contributed by atoms with Crippen LogP contribution in [0.25, 0.3) is 0 Å². The monoisotopic (exact) mass is 398 g/mol. The third-order valence-electron chi connectivity index (χ3n) is 6.50. The van der Waals surface area contributed by atoms with Gasteiger partial charge in [-0.3, -0.25) is 9.59 Å². The normalized spacial score (nSPS) is 22.6. The average molecular weight is 399 g/mol. The van der Waals surface area contributed by atoms with Crippen molar-refractivity contribution in [2.45, 2.75) is 45.2 Å². The molecule has 0 saturated carbocycles. The highest BCUT2D eigenvalue weighted by molar-refractivity contribution is 5.82. The van der Waals surface area contributed by atoms with Crippen molar-refractivity contribution in [2.75, 3.05) is 32.7 Å². The molecule has 1 aromatic carbocycles. The first-order valence-electron chi connectivity index (χ1n) is 10.7. The Bertz CT molecular complexity index is 788.